The Morgan fingerprint density at radius 1 is 1.40 bits per heavy atom. The van der Waals surface area contributed by atoms with Crippen LogP contribution in [0.5, 0.6) is 0 Å². The number of carboxylic acid groups (broad SMARTS) is 1. The first-order valence-corrected chi connectivity index (χ1v) is 6.82. The molecule has 0 aliphatic heterocycles. The van der Waals surface area contributed by atoms with Crippen LogP contribution in [0.1, 0.15) is 13.3 Å². The molecule has 0 heterocycles. The Bertz CT molecular complexity index is 375. The molecule has 0 fully saturated rings. The Balaban J connectivity index is 5.16. The van der Waals surface area contributed by atoms with Crippen molar-refractivity contribution in [3.63, 3.8) is 0 Å². The van der Waals surface area contributed by atoms with Gasteiger partial charge in [-0.25, -0.2) is 4.79 Å². The van der Waals surface area contributed by atoms with Crippen molar-refractivity contribution in [2.75, 3.05) is 19.5 Å². The van der Waals surface area contributed by atoms with Gasteiger partial charge in [-0.15, -0.1) is 0 Å². The summed E-state index contributed by atoms with van der Waals surface area (Å²) in [6.07, 6.45) is -6.96. The molecule has 0 bridgehead atoms. The highest BCUT2D eigenvalue weighted by Gasteiger charge is 2.48. The summed E-state index contributed by atoms with van der Waals surface area (Å²) in [5.74, 6) is -4.18. The molecule has 0 rings (SSSR count). The van der Waals surface area contributed by atoms with Gasteiger partial charge in [0, 0.05) is 19.6 Å². The fraction of sp³-hybridized carbons (Fsp3) is 0.778. The van der Waals surface area contributed by atoms with E-state index in [2.05, 4.69) is 0 Å². The second-order valence-electron chi connectivity index (χ2n) is 3.61. The summed E-state index contributed by atoms with van der Waals surface area (Å²) in [4.78, 5) is 30.6. The summed E-state index contributed by atoms with van der Waals surface area (Å²) in [6.45, 7) is 1.62. The molecule has 2 unspecified atom stereocenters. The Morgan fingerprint density at radius 3 is 2.30 bits per heavy atom. The number of carboxylic acids is 1. The number of rotatable bonds is 8. The van der Waals surface area contributed by atoms with Gasteiger partial charge < -0.3 is 9.84 Å². The van der Waals surface area contributed by atoms with E-state index >= 15 is 0 Å². The highest BCUT2D eigenvalue weighted by Crippen LogP contribution is 2.26. The van der Waals surface area contributed by atoms with Crippen LogP contribution < -0.4 is 0 Å². The van der Waals surface area contributed by atoms with E-state index in [9.17, 15) is 27.3 Å². The maximum atomic E-state index is 12.4. The Labute approximate surface area is 113 Å². The van der Waals surface area contributed by atoms with E-state index in [4.69, 9.17) is 14.7 Å². The molecule has 0 saturated heterocycles. The van der Waals surface area contributed by atoms with E-state index in [-0.39, 0.29) is 18.1 Å². The van der Waals surface area contributed by atoms with Gasteiger partial charge in [-0.3, -0.25) is 9.69 Å². The number of aliphatic carboxylic acids is 1. The normalized spacial score (nSPS) is 13.8. The van der Waals surface area contributed by atoms with E-state index in [0.717, 1.165) is 0 Å². The zero-order chi connectivity index (χ0) is 15.9. The number of nitrogens with zero attached hydrogens (tertiary/aromatic N) is 1. The molecule has 0 aliphatic rings. The zero-order valence-electron chi connectivity index (χ0n) is 10.5. The molecule has 2 N–H and O–H groups in total. The van der Waals surface area contributed by atoms with Gasteiger partial charge in [0.2, 0.25) is 0 Å². The van der Waals surface area contributed by atoms with Crippen molar-refractivity contribution < 1.29 is 42.1 Å². The van der Waals surface area contributed by atoms with Gasteiger partial charge in [0.15, 0.2) is 0 Å². The van der Waals surface area contributed by atoms with E-state index in [0.29, 0.717) is 0 Å². The number of hydrogen-bond acceptors (Lipinski definition) is 4. The predicted octanol–water partition coefficient (Wildman–Crippen LogP) is 0.949. The Morgan fingerprint density at radius 2 is 1.95 bits per heavy atom. The van der Waals surface area contributed by atoms with Gasteiger partial charge in [0.25, 0.3) is 6.29 Å². The largest absolute Gasteiger partial charge is 0.527 e. The smallest absolute Gasteiger partial charge is 0.480 e. The number of halogens is 3. The van der Waals surface area contributed by atoms with E-state index in [1.165, 1.54) is 0 Å². The van der Waals surface area contributed by atoms with Crippen LogP contribution in [0.2, 0.25) is 0 Å². The average molecular weight is 320 g/mol. The number of ether oxygens (including phenoxy) is 1. The summed E-state index contributed by atoms with van der Waals surface area (Å²) in [5, 5.41) is 8.88. The van der Waals surface area contributed by atoms with Crippen molar-refractivity contribution in [2.45, 2.75) is 25.6 Å². The number of amides is 1. The maximum Gasteiger partial charge on any atom is 0.527 e. The van der Waals surface area contributed by atoms with E-state index < -0.39 is 44.8 Å². The Hall–Kier alpha value is -1.25. The molecule has 11 heteroatoms. The van der Waals surface area contributed by atoms with Crippen LogP contribution in [0.15, 0.2) is 0 Å². The molecule has 0 aromatic rings. The van der Waals surface area contributed by atoms with Gasteiger partial charge in [-0.05, 0) is 11.5 Å². The topological polar surface area (TPSA) is 104 Å². The quantitative estimate of drug-likeness (QED) is 0.510. The lowest BCUT2D eigenvalue weighted by Crippen LogP contribution is -2.50. The van der Waals surface area contributed by atoms with Crippen LogP contribution in [-0.4, -0.2) is 58.5 Å². The van der Waals surface area contributed by atoms with Crippen molar-refractivity contribution in [2.24, 2.45) is 0 Å². The fourth-order valence-corrected chi connectivity index (χ4v) is 1.94. The molecule has 0 spiro atoms. The monoisotopic (exact) mass is 320 g/mol. The fourth-order valence-electron chi connectivity index (χ4n) is 1.35. The molecule has 0 aromatic heterocycles. The van der Waals surface area contributed by atoms with Gasteiger partial charge in [-0.1, -0.05) is 0 Å². The third kappa shape index (κ3) is 6.27. The second-order valence-corrected chi connectivity index (χ2v) is 4.59. The SMILES string of the molecule is CCOCCC(C(=O)O)N(C[P+](=O)O)C(=O)C(F)(F)F. The lowest BCUT2D eigenvalue weighted by molar-refractivity contribution is -0.189. The van der Waals surface area contributed by atoms with Gasteiger partial charge in [0.1, 0.15) is 6.04 Å². The third-order valence-electron chi connectivity index (χ3n) is 2.18. The van der Waals surface area contributed by atoms with Crippen LogP contribution >= 0.6 is 8.03 Å². The second kappa shape index (κ2) is 8.13. The Kier molecular flexibility index (Phi) is 7.62. The van der Waals surface area contributed by atoms with Crippen molar-refractivity contribution in [1.82, 2.24) is 4.90 Å². The number of hydrogen-bond donors (Lipinski definition) is 2. The van der Waals surface area contributed by atoms with Crippen molar-refractivity contribution in [3.05, 3.63) is 0 Å². The molecule has 0 radical (unpaired) electrons. The maximum absolute atomic E-state index is 12.4. The van der Waals surface area contributed by atoms with Crippen LogP contribution in [-0.2, 0) is 18.9 Å². The molecule has 1 amide bonds. The molecule has 20 heavy (non-hydrogen) atoms. The minimum atomic E-state index is -5.33. The summed E-state index contributed by atoms with van der Waals surface area (Å²) in [7, 11) is -3.14. The van der Waals surface area contributed by atoms with Crippen molar-refractivity contribution in [1.29, 1.82) is 0 Å². The first kappa shape index (κ1) is 18.8. The first-order valence-electron chi connectivity index (χ1n) is 5.43. The van der Waals surface area contributed by atoms with Crippen LogP contribution in [0, 0.1) is 0 Å². The molecule has 0 aliphatic carbocycles. The van der Waals surface area contributed by atoms with Crippen molar-refractivity contribution in [3.8, 4) is 0 Å². The molecule has 116 valence electrons. The van der Waals surface area contributed by atoms with Gasteiger partial charge in [0.05, 0.1) is 0 Å². The molecule has 2 atom stereocenters. The first-order chi connectivity index (χ1) is 9.11. The molecular formula is C9H14F3NO6P+. The summed E-state index contributed by atoms with van der Waals surface area (Å²) in [6, 6.07) is -1.89. The molecule has 0 aromatic carbocycles. The standard InChI is InChI=1S/C9H13F3NO6P/c1-2-19-4-3-6(7(14)15)13(5-20(17)18)8(16)9(10,11)12/h6H,2-5H2,1H3,(H-,14,15,17,18)/p+1. The number of alkyl halides is 3. The predicted molar refractivity (Wildman–Crippen MR) is 60.1 cm³/mol. The van der Waals surface area contributed by atoms with Crippen molar-refractivity contribution >= 4 is 19.9 Å². The van der Waals surface area contributed by atoms with Gasteiger partial charge >= 0.3 is 26.1 Å². The summed E-state index contributed by atoms with van der Waals surface area (Å²) < 4.78 is 52.6. The average Bonchev–Trinajstić information content (AvgIpc) is 2.29. The van der Waals surface area contributed by atoms with Crippen LogP contribution in [0.25, 0.3) is 0 Å². The molecule has 0 saturated carbocycles. The summed E-state index contributed by atoms with van der Waals surface area (Å²) >= 11 is 0. The highest BCUT2D eigenvalue weighted by molar-refractivity contribution is 7.37. The number of carbonyl (C=O) groups is 2. The lowest BCUT2D eigenvalue weighted by atomic mass is 10.2. The highest BCUT2D eigenvalue weighted by atomic mass is 31.1. The molecular weight excluding hydrogens is 306 g/mol. The minimum Gasteiger partial charge on any atom is -0.480 e. The van der Waals surface area contributed by atoms with E-state index in [1.807, 2.05) is 0 Å². The zero-order valence-corrected chi connectivity index (χ0v) is 11.4. The minimum absolute atomic E-state index is 0.167. The molecule has 7 nitrogen and oxygen atoms in total. The van der Waals surface area contributed by atoms with Crippen LogP contribution in [0.4, 0.5) is 13.2 Å². The van der Waals surface area contributed by atoms with E-state index in [1.54, 1.807) is 6.92 Å². The van der Waals surface area contributed by atoms with Crippen LogP contribution in [0.3, 0.4) is 0 Å². The summed E-state index contributed by atoms with van der Waals surface area (Å²) in [5.41, 5.74) is 0. The number of carbonyl (C=O) groups excluding carboxylic acids is 1. The van der Waals surface area contributed by atoms with Gasteiger partial charge in [-0.2, -0.15) is 18.1 Å². The third-order valence-corrected chi connectivity index (χ3v) is 2.72. The lowest BCUT2D eigenvalue weighted by Gasteiger charge is -2.25.